The van der Waals surface area contributed by atoms with E-state index < -0.39 is 0 Å². The first kappa shape index (κ1) is 13.4. The molecule has 0 saturated heterocycles. The summed E-state index contributed by atoms with van der Waals surface area (Å²) in [5.41, 5.74) is 1.40. The summed E-state index contributed by atoms with van der Waals surface area (Å²) in [4.78, 5) is 12.1. The number of hydrogen-bond acceptors (Lipinski definition) is 2. The van der Waals surface area contributed by atoms with Crippen LogP contribution < -0.4 is 5.32 Å². The van der Waals surface area contributed by atoms with Crippen molar-refractivity contribution in [2.24, 2.45) is 0 Å². The van der Waals surface area contributed by atoms with Gasteiger partial charge in [-0.05, 0) is 48.5 Å². The molecule has 100 valence electrons. The lowest BCUT2D eigenvalue weighted by Gasteiger charge is -2.02. The van der Waals surface area contributed by atoms with Gasteiger partial charge < -0.3 is 9.73 Å². The summed E-state index contributed by atoms with van der Waals surface area (Å²) in [6.45, 7) is 0. The van der Waals surface area contributed by atoms with Gasteiger partial charge in [0.05, 0.1) is 0 Å². The number of fused-ring (bicyclic) bond motifs is 1. The number of rotatable bonds is 2. The molecule has 0 aliphatic heterocycles. The maximum absolute atomic E-state index is 12.1. The minimum Gasteiger partial charge on any atom is -0.451 e. The molecule has 0 fully saturated rings. The summed E-state index contributed by atoms with van der Waals surface area (Å²) in [5.74, 6) is 0.0284. The molecule has 1 aromatic heterocycles. The number of carbonyl (C=O) groups is 1. The van der Waals surface area contributed by atoms with E-state index in [0.29, 0.717) is 11.3 Å². The summed E-state index contributed by atoms with van der Waals surface area (Å²) >= 11 is 6.73. The molecule has 0 bridgehead atoms. The highest BCUT2D eigenvalue weighted by Crippen LogP contribution is 2.24. The van der Waals surface area contributed by atoms with Crippen LogP contribution in [0.2, 0.25) is 0 Å². The highest BCUT2D eigenvalue weighted by atomic mass is 79.9. The molecule has 1 amide bonds. The van der Waals surface area contributed by atoms with Gasteiger partial charge in [0.25, 0.3) is 5.91 Å². The van der Waals surface area contributed by atoms with Crippen LogP contribution >= 0.6 is 31.9 Å². The lowest BCUT2D eigenvalue weighted by molar-refractivity contribution is 0.0998. The zero-order valence-corrected chi connectivity index (χ0v) is 13.4. The minimum atomic E-state index is -0.264. The van der Waals surface area contributed by atoms with Gasteiger partial charge >= 0.3 is 0 Å². The predicted molar refractivity (Wildman–Crippen MR) is 86.0 cm³/mol. The third kappa shape index (κ3) is 2.78. The van der Waals surface area contributed by atoms with Gasteiger partial charge in [-0.25, -0.2) is 0 Å². The Labute approximate surface area is 132 Å². The van der Waals surface area contributed by atoms with E-state index in [4.69, 9.17) is 4.42 Å². The van der Waals surface area contributed by atoms with Crippen molar-refractivity contribution in [3.8, 4) is 0 Å². The topological polar surface area (TPSA) is 42.2 Å². The lowest BCUT2D eigenvalue weighted by Crippen LogP contribution is -2.10. The van der Waals surface area contributed by atoms with Crippen LogP contribution in [0.15, 0.2) is 61.9 Å². The molecule has 1 N–H and O–H groups in total. The molecule has 1 heterocycles. The summed E-state index contributed by atoms with van der Waals surface area (Å²) in [6.07, 6.45) is 0. The van der Waals surface area contributed by atoms with E-state index >= 15 is 0 Å². The number of nitrogens with one attached hydrogen (secondary N) is 1. The largest absolute Gasteiger partial charge is 0.451 e. The number of carbonyl (C=O) groups excluding carboxylic acids is 1. The van der Waals surface area contributed by atoms with E-state index in [1.54, 1.807) is 6.07 Å². The van der Waals surface area contributed by atoms with Crippen LogP contribution in [-0.2, 0) is 0 Å². The summed E-state index contributed by atoms with van der Waals surface area (Å²) in [6, 6.07) is 14.8. The smallest absolute Gasteiger partial charge is 0.291 e. The Morgan fingerprint density at radius 3 is 2.40 bits per heavy atom. The molecule has 3 nitrogen and oxygen atoms in total. The number of benzene rings is 2. The Kier molecular flexibility index (Phi) is 3.63. The van der Waals surface area contributed by atoms with E-state index in [9.17, 15) is 4.79 Å². The van der Waals surface area contributed by atoms with Crippen molar-refractivity contribution >= 4 is 54.4 Å². The third-order valence-corrected chi connectivity index (χ3v) is 3.83. The molecule has 0 atom stereocenters. The first-order valence-corrected chi connectivity index (χ1v) is 7.46. The quantitative estimate of drug-likeness (QED) is 0.648. The van der Waals surface area contributed by atoms with Gasteiger partial charge in [-0.15, -0.1) is 0 Å². The molecule has 3 aromatic rings. The third-order valence-electron chi connectivity index (χ3n) is 2.81. The maximum Gasteiger partial charge on any atom is 0.291 e. The van der Waals surface area contributed by atoms with Crippen molar-refractivity contribution in [1.29, 1.82) is 0 Å². The predicted octanol–water partition coefficient (Wildman–Crippen LogP) is 5.21. The molecule has 3 rings (SSSR count). The van der Waals surface area contributed by atoms with Crippen molar-refractivity contribution in [3.63, 3.8) is 0 Å². The normalized spacial score (nSPS) is 10.7. The van der Waals surface area contributed by atoms with E-state index in [-0.39, 0.29) is 5.91 Å². The first-order chi connectivity index (χ1) is 9.61. The second-order valence-corrected chi connectivity index (χ2v) is 6.09. The number of anilines is 1. The highest BCUT2D eigenvalue weighted by molar-refractivity contribution is 9.10. The van der Waals surface area contributed by atoms with Gasteiger partial charge in [0.15, 0.2) is 5.76 Å². The van der Waals surface area contributed by atoms with E-state index in [2.05, 4.69) is 37.2 Å². The van der Waals surface area contributed by atoms with Crippen LogP contribution in [0.5, 0.6) is 0 Å². The fraction of sp³-hybridized carbons (Fsp3) is 0. The van der Waals surface area contributed by atoms with E-state index in [1.165, 1.54) is 0 Å². The molecule has 0 aliphatic rings. The second-order valence-electron chi connectivity index (χ2n) is 4.25. The van der Waals surface area contributed by atoms with Crippen molar-refractivity contribution in [1.82, 2.24) is 0 Å². The maximum atomic E-state index is 12.1. The summed E-state index contributed by atoms with van der Waals surface area (Å²) in [7, 11) is 0. The fourth-order valence-corrected chi connectivity index (χ4v) is 2.45. The molecule has 2 aromatic carbocycles. The zero-order chi connectivity index (χ0) is 14.1. The van der Waals surface area contributed by atoms with Crippen LogP contribution in [0.25, 0.3) is 11.0 Å². The van der Waals surface area contributed by atoms with Gasteiger partial charge in [-0.3, -0.25) is 4.79 Å². The van der Waals surface area contributed by atoms with Gasteiger partial charge in [0.2, 0.25) is 0 Å². The molecule has 0 aliphatic carbocycles. The average molecular weight is 395 g/mol. The van der Waals surface area contributed by atoms with Crippen molar-refractivity contribution in [3.05, 3.63) is 63.2 Å². The number of amides is 1. The Bertz CT molecular complexity index is 778. The van der Waals surface area contributed by atoms with Gasteiger partial charge in [0, 0.05) is 20.0 Å². The minimum absolute atomic E-state index is 0.264. The Morgan fingerprint density at radius 1 is 0.950 bits per heavy atom. The summed E-state index contributed by atoms with van der Waals surface area (Å²) < 4.78 is 7.43. The Morgan fingerprint density at radius 2 is 1.65 bits per heavy atom. The molecular weight excluding hydrogens is 386 g/mol. The average Bonchev–Trinajstić information content (AvgIpc) is 2.84. The highest BCUT2D eigenvalue weighted by Gasteiger charge is 2.12. The first-order valence-electron chi connectivity index (χ1n) is 5.88. The Balaban J connectivity index is 1.86. The van der Waals surface area contributed by atoms with Crippen LogP contribution in [0.4, 0.5) is 5.69 Å². The van der Waals surface area contributed by atoms with Gasteiger partial charge in [-0.1, -0.05) is 31.9 Å². The zero-order valence-electron chi connectivity index (χ0n) is 10.2. The molecular formula is C15H9Br2NO2. The van der Waals surface area contributed by atoms with E-state index in [1.807, 2.05) is 42.5 Å². The van der Waals surface area contributed by atoms with Gasteiger partial charge in [0.1, 0.15) is 5.58 Å². The molecule has 5 heteroatoms. The van der Waals surface area contributed by atoms with Crippen LogP contribution in [0, 0.1) is 0 Å². The Hall–Kier alpha value is -1.59. The monoisotopic (exact) mass is 393 g/mol. The van der Waals surface area contributed by atoms with Crippen molar-refractivity contribution < 1.29 is 9.21 Å². The number of furan rings is 1. The van der Waals surface area contributed by atoms with Crippen molar-refractivity contribution in [2.75, 3.05) is 5.32 Å². The van der Waals surface area contributed by atoms with E-state index in [0.717, 1.165) is 20.0 Å². The molecule has 20 heavy (non-hydrogen) atoms. The number of halogens is 2. The molecule has 0 radical (unpaired) electrons. The van der Waals surface area contributed by atoms with Crippen LogP contribution in [0.3, 0.4) is 0 Å². The van der Waals surface area contributed by atoms with Crippen molar-refractivity contribution in [2.45, 2.75) is 0 Å². The molecule has 0 saturated carbocycles. The van der Waals surface area contributed by atoms with Crippen LogP contribution in [-0.4, -0.2) is 5.91 Å². The van der Waals surface area contributed by atoms with Gasteiger partial charge in [-0.2, -0.15) is 0 Å². The lowest BCUT2D eigenvalue weighted by atomic mass is 10.2. The summed E-state index contributed by atoms with van der Waals surface area (Å²) in [5, 5.41) is 3.69. The second kappa shape index (κ2) is 5.42. The SMILES string of the molecule is O=C(Nc1ccc(Br)cc1)c1cc2ccc(Br)cc2o1. The number of hydrogen-bond donors (Lipinski definition) is 1. The fourth-order valence-electron chi connectivity index (χ4n) is 1.84. The molecule has 0 unspecified atom stereocenters. The molecule has 0 spiro atoms. The van der Waals surface area contributed by atoms with Crippen LogP contribution in [0.1, 0.15) is 10.6 Å². The standard InChI is InChI=1S/C15H9Br2NO2/c16-10-3-5-12(6-4-10)18-15(19)14-7-9-1-2-11(17)8-13(9)20-14/h1-8H,(H,18,19).